The van der Waals surface area contributed by atoms with Crippen LogP contribution in [0, 0.1) is 0 Å². The van der Waals surface area contributed by atoms with E-state index in [9.17, 15) is 4.79 Å². The molecule has 0 saturated heterocycles. The van der Waals surface area contributed by atoms with Gasteiger partial charge in [-0.25, -0.2) is 4.98 Å². The number of aromatic nitrogens is 4. The van der Waals surface area contributed by atoms with E-state index in [2.05, 4.69) is 27.4 Å². The third-order valence-corrected chi connectivity index (χ3v) is 4.50. The van der Waals surface area contributed by atoms with E-state index < -0.39 is 0 Å². The van der Waals surface area contributed by atoms with Crippen molar-refractivity contribution in [2.24, 2.45) is 0 Å². The van der Waals surface area contributed by atoms with E-state index in [4.69, 9.17) is 0 Å². The highest BCUT2D eigenvalue weighted by molar-refractivity contribution is 7.16. The normalized spacial score (nSPS) is 10.7. The number of thiazole rings is 1. The summed E-state index contributed by atoms with van der Waals surface area (Å²) in [6, 6.07) is 3.86. The number of anilines is 1. The molecule has 21 heavy (non-hydrogen) atoms. The van der Waals surface area contributed by atoms with Crippen LogP contribution in [0.3, 0.4) is 0 Å². The van der Waals surface area contributed by atoms with E-state index in [-0.39, 0.29) is 5.91 Å². The number of carbonyl (C=O) groups is 1. The summed E-state index contributed by atoms with van der Waals surface area (Å²) in [5.41, 5.74) is 2.41. The Kier molecular flexibility index (Phi) is 4.07. The second-order valence-corrected chi connectivity index (χ2v) is 6.12. The molecular weight excluding hydrogens is 306 g/mol. The SMILES string of the molecule is CCCc1nc(-n2cccc2)sc1C(=O)Nc1nncs1. The average molecular weight is 319 g/mol. The van der Waals surface area contributed by atoms with Gasteiger partial charge in [0.2, 0.25) is 5.13 Å². The zero-order valence-corrected chi connectivity index (χ0v) is 12.9. The standard InChI is InChI=1S/C13H13N5OS2/c1-2-5-9-10(11(19)16-12-17-14-8-20-12)21-13(15-9)18-6-3-4-7-18/h3-4,6-8H,2,5H2,1H3,(H,16,17,19). The Labute approximate surface area is 129 Å². The topological polar surface area (TPSA) is 72.7 Å². The molecule has 0 bridgehead atoms. The highest BCUT2D eigenvalue weighted by Crippen LogP contribution is 2.24. The Bertz CT molecular complexity index is 718. The molecule has 3 heterocycles. The average Bonchev–Trinajstić information content (AvgIpc) is 3.20. The van der Waals surface area contributed by atoms with Crippen LogP contribution in [0.15, 0.2) is 30.0 Å². The van der Waals surface area contributed by atoms with Crippen LogP contribution >= 0.6 is 22.7 Å². The summed E-state index contributed by atoms with van der Waals surface area (Å²) in [6.45, 7) is 2.07. The van der Waals surface area contributed by atoms with E-state index in [0.29, 0.717) is 10.0 Å². The van der Waals surface area contributed by atoms with Gasteiger partial charge in [0.05, 0.1) is 5.69 Å². The number of amides is 1. The van der Waals surface area contributed by atoms with Gasteiger partial charge < -0.3 is 4.57 Å². The van der Waals surface area contributed by atoms with E-state index >= 15 is 0 Å². The molecule has 0 aliphatic rings. The monoisotopic (exact) mass is 319 g/mol. The van der Waals surface area contributed by atoms with Crippen molar-refractivity contribution in [3.8, 4) is 5.13 Å². The maximum Gasteiger partial charge on any atom is 0.269 e. The van der Waals surface area contributed by atoms with Crippen molar-refractivity contribution >= 4 is 33.7 Å². The first kappa shape index (κ1) is 13.9. The summed E-state index contributed by atoms with van der Waals surface area (Å²) in [5.74, 6) is -0.175. The number of rotatable bonds is 5. The molecule has 0 aromatic carbocycles. The van der Waals surface area contributed by atoms with Gasteiger partial charge in [0, 0.05) is 12.4 Å². The van der Waals surface area contributed by atoms with Crippen molar-refractivity contribution in [2.45, 2.75) is 19.8 Å². The molecule has 8 heteroatoms. The second kappa shape index (κ2) is 6.15. The third kappa shape index (κ3) is 3.01. The lowest BCUT2D eigenvalue weighted by Crippen LogP contribution is -2.12. The highest BCUT2D eigenvalue weighted by atomic mass is 32.1. The first-order chi connectivity index (χ1) is 10.3. The van der Waals surface area contributed by atoms with Gasteiger partial charge in [0.1, 0.15) is 10.4 Å². The molecule has 0 spiro atoms. The van der Waals surface area contributed by atoms with Crippen LogP contribution in [0.1, 0.15) is 28.7 Å². The predicted molar refractivity (Wildman–Crippen MR) is 83.3 cm³/mol. The van der Waals surface area contributed by atoms with Gasteiger partial charge in [0.25, 0.3) is 5.91 Å². The molecule has 3 aromatic heterocycles. The summed E-state index contributed by atoms with van der Waals surface area (Å²) in [7, 11) is 0. The molecule has 0 fully saturated rings. The molecule has 108 valence electrons. The Balaban J connectivity index is 1.90. The van der Waals surface area contributed by atoms with Crippen molar-refractivity contribution in [1.82, 2.24) is 19.7 Å². The molecule has 3 rings (SSSR count). The van der Waals surface area contributed by atoms with Crippen LogP contribution in [-0.2, 0) is 6.42 Å². The molecule has 3 aromatic rings. The van der Waals surface area contributed by atoms with E-state index in [0.717, 1.165) is 23.7 Å². The van der Waals surface area contributed by atoms with Gasteiger partial charge >= 0.3 is 0 Å². The molecule has 0 aliphatic carbocycles. The van der Waals surface area contributed by atoms with Gasteiger partial charge in [-0.15, -0.1) is 10.2 Å². The Morgan fingerprint density at radius 3 is 2.86 bits per heavy atom. The summed E-state index contributed by atoms with van der Waals surface area (Å²) in [5, 5.41) is 11.6. The van der Waals surface area contributed by atoms with Crippen molar-refractivity contribution in [3.63, 3.8) is 0 Å². The molecule has 0 unspecified atom stereocenters. The molecule has 0 radical (unpaired) electrons. The fourth-order valence-electron chi connectivity index (χ4n) is 1.88. The fraction of sp³-hybridized carbons (Fsp3) is 0.231. The van der Waals surface area contributed by atoms with Crippen molar-refractivity contribution < 1.29 is 4.79 Å². The number of aryl methyl sites for hydroxylation is 1. The lowest BCUT2D eigenvalue weighted by molar-refractivity contribution is 0.102. The summed E-state index contributed by atoms with van der Waals surface area (Å²) in [4.78, 5) is 17.6. The maximum absolute atomic E-state index is 12.4. The van der Waals surface area contributed by atoms with E-state index in [1.807, 2.05) is 29.1 Å². The molecule has 0 aliphatic heterocycles. The molecular formula is C13H13N5OS2. The first-order valence-electron chi connectivity index (χ1n) is 6.48. The predicted octanol–water partition coefficient (Wildman–Crippen LogP) is 2.99. The lowest BCUT2D eigenvalue weighted by atomic mass is 10.2. The summed E-state index contributed by atoms with van der Waals surface area (Å²) >= 11 is 2.68. The smallest absolute Gasteiger partial charge is 0.269 e. The highest BCUT2D eigenvalue weighted by Gasteiger charge is 2.19. The number of hydrogen-bond donors (Lipinski definition) is 1. The van der Waals surface area contributed by atoms with Gasteiger partial charge in [-0.1, -0.05) is 36.0 Å². The fourth-order valence-corrected chi connectivity index (χ4v) is 3.29. The minimum Gasteiger partial charge on any atom is -0.300 e. The Hall–Kier alpha value is -2.06. The van der Waals surface area contributed by atoms with Crippen LogP contribution in [0.4, 0.5) is 5.13 Å². The van der Waals surface area contributed by atoms with Crippen LogP contribution in [-0.4, -0.2) is 25.7 Å². The third-order valence-electron chi connectivity index (χ3n) is 2.78. The molecule has 0 saturated carbocycles. The second-order valence-electron chi connectivity index (χ2n) is 4.31. The minimum atomic E-state index is -0.175. The quantitative estimate of drug-likeness (QED) is 0.784. The molecule has 1 N–H and O–H groups in total. The van der Waals surface area contributed by atoms with Crippen molar-refractivity contribution in [3.05, 3.63) is 40.6 Å². The van der Waals surface area contributed by atoms with Crippen LogP contribution in [0.5, 0.6) is 0 Å². The summed E-state index contributed by atoms with van der Waals surface area (Å²) in [6.07, 6.45) is 5.55. The van der Waals surface area contributed by atoms with Crippen LogP contribution in [0.2, 0.25) is 0 Å². The zero-order valence-electron chi connectivity index (χ0n) is 11.3. The van der Waals surface area contributed by atoms with Crippen LogP contribution in [0.25, 0.3) is 5.13 Å². The molecule has 0 atom stereocenters. The minimum absolute atomic E-state index is 0.175. The van der Waals surface area contributed by atoms with Crippen LogP contribution < -0.4 is 5.32 Å². The molecule has 6 nitrogen and oxygen atoms in total. The maximum atomic E-state index is 12.4. The number of carbonyl (C=O) groups excluding carboxylic acids is 1. The van der Waals surface area contributed by atoms with Crippen molar-refractivity contribution in [2.75, 3.05) is 5.32 Å². The van der Waals surface area contributed by atoms with E-state index in [1.165, 1.54) is 22.7 Å². The van der Waals surface area contributed by atoms with Gasteiger partial charge in [-0.2, -0.15) is 0 Å². The largest absolute Gasteiger partial charge is 0.300 e. The van der Waals surface area contributed by atoms with Crippen molar-refractivity contribution in [1.29, 1.82) is 0 Å². The Morgan fingerprint density at radius 1 is 1.38 bits per heavy atom. The lowest BCUT2D eigenvalue weighted by Gasteiger charge is -2.00. The zero-order chi connectivity index (χ0) is 14.7. The number of nitrogens with zero attached hydrogens (tertiary/aromatic N) is 4. The summed E-state index contributed by atoms with van der Waals surface area (Å²) < 4.78 is 1.91. The van der Waals surface area contributed by atoms with Gasteiger partial charge in [-0.05, 0) is 18.6 Å². The number of hydrogen-bond acceptors (Lipinski definition) is 6. The first-order valence-corrected chi connectivity index (χ1v) is 8.18. The van der Waals surface area contributed by atoms with E-state index in [1.54, 1.807) is 5.51 Å². The molecule has 1 amide bonds. The Morgan fingerprint density at radius 2 is 2.19 bits per heavy atom. The van der Waals surface area contributed by atoms with Gasteiger partial charge in [0.15, 0.2) is 5.13 Å². The number of nitrogens with one attached hydrogen (secondary N) is 1. The van der Waals surface area contributed by atoms with Gasteiger partial charge in [-0.3, -0.25) is 10.1 Å².